The first-order chi connectivity index (χ1) is 8.74. The maximum Gasteiger partial charge on any atom is 0.178 e. The van der Waals surface area contributed by atoms with E-state index in [4.69, 9.17) is 12.2 Å². The highest BCUT2D eigenvalue weighted by Gasteiger charge is 2.06. The number of rotatable bonds is 2. The lowest BCUT2D eigenvalue weighted by Crippen LogP contribution is -2.01. The van der Waals surface area contributed by atoms with Crippen molar-refractivity contribution in [1.29, 1.82) is 0 Å². The zero-order valence-corrected chi connectivity index (χ0v) is 10.1. The van der Waals surface area contributed by atoms with E-state index in [1.165, 1.54) is 18.5 Å². The van der Waals surface area contributed by atoms with Gasteiger partial charge < -0.3 is 9.55 Å². The van der Waals surface area contributed by atoms with Gasteiger partial charge in [-0.25, -0.2) is 14.4 Å². The number of hydrogen-bond acceptors (Lipinski definition) is 3. The molecule has 18 heavy (non-hydrogen) atoms. The molecule has 0 bridgehead atoms. The van der Waals surface area contributed by atoms with E-state index in [1.54, 1.807) is 12.3 Å². The van der Waals surface area contributed by atoms with Gasteiger partial charge in [0, 0.05) is 6.20 Å². The van der Waals surface area contributed by atoms with Crippen LogP contribution in [0.2, 0.25) is 0 Å². The molecular formula is C12H9FN4S. The van der Waals surface area contributed by atoms with Gasteiger partial charge in [-0.2, -0.15) is 0 Å². The molecule has 4 nitrogen and oxygen atoms in total. The van der Waals surface area contributed by atoms with Crippen LogP contribution in [0.25, 0.3) is 11.0 Å². The molecule has 0 aliphatic heterocycles. The van der Waals surface area contributed by atoms with E-state index in [2.05, 4.69) is 15.0 Å². The van der Waals surface area contributed by atoms with Gasteiger partial charge in [0.1, 0.15) is 12.1 Å². The first-order valence-corrected chi connectivity index (χ1v) is 5.78. The summed E-state index contributed by atoms with van der Waals surface area (Å²) in [4.78, 5) is 11.0. The molecular weight excluding hydrogens is 251 g/mol. The smallest absolute Gasteiger partial charge is 0.178 e. The molecule has 0 unspecified atom stereocenters. The Kier molecular flexibility index (Phi) is 2.64. The normalized spacial score (nSPS) is 10.9. The number of fused-ring (bicyclic) bond motifs is 1. The Morgan fingerprint density at radius 1 is 1.33 bits per heavy atom. The standard InChI is InChI=1S/C12H9FN4S/c13-8-1-2-11-10(5-8)16-12(18)17(11)6-9-3-4-14-7-15-9/h1-5,7H,6H2,(H,16,18). The summed E-state index contributed by atoms with van der Waals surface area (Å²) in [6.07, 6.45) is 3.17. The maximum absolute atomic E-state index is 13.1. The Morgan fingerprint density at radius 3 is 3.00 bits per heavy atom. The Labute approximate surface area is 107 Å². The Balaban J connectivity index is 2.12. The number of nitrogens with zero attached hydrogens (tertiary/aromatic N) is 3. The quantitative estimate of drug-likeness (QED) is 0.721. The molecule has 6 heteroatoms. The van der Waals surface area contributed by atoms with E-state index in [0.29, 0.717) is 16.8 Å². The van der Waals surface area contributed by atoms with E-state index in [-0.39, 0.29) is 5.82 Å². The molecule has 2 heterocycles. The number of benzene rings is 1. The van der Waals surface area contributed by atoms with E-state index < -0.39 is 0 Å². The van der Waals surface area contributed by atoms with Crippen LogP contribution in [0.15, 0.2) is 36.8 Å². The molecule has 3 aromatic rings. The van der Waals surface area contributed by atoms with Crippen molar-refractivity contribution in [2.75, 3.05) is 0 Å². The van der Waals surface area contributed by atoms with Crippen LogP contribution < -0.4 is 0 Å². The van der Waals surface area contributed by atoms with Gasteiger partial charge in [0.25, 0.3) is 0 Å². The molecule has 0 radical (unpaired) electrons. The molecule has 0 amide bonds. The van der Waals surface area contributed by atoms with Crippen LogP contribution in [0, 0.1) is 10.6 Å². The second-order valence-corrected chi connectivity index (χ2v) is 4.27. The average molecular weight is 260 g/mol. The van der Waals surface area contributed by atoms with Crippen molar-refractivity contribution >= 4 is 23.3 Å². The molecule has 0 aliphatic rings. The third-order valence-corrected chi connectivity index (χ3v) is 3.02. The van der Waals surface area contributed by atoms with Crippen LogP contribution in [0.1, 0.15) is 5.69 Å². The molecule has 0 saturated heterocycles. The number of hydrogen-bond donors (Lipinski definition) is 1. The van der Waals surface area contributed by atoms with Crippen LogP contribution in [-0.2, 0) is 6.54 Å². The minimum atomic E-state index is -0.284. The summed E-state index contributed by atoms with van der Waals surface area (Å²) in [5.41, 5.74) is 2.40. The van der Waals surface area contributed by atoms with Gasteiger partial charge in [-0.1, -0.05) is 0 Å². The molecule has 0 fully saturated rings. The van der Waals surface area contributed by atoms with Crippen LogP contribution in [0.3, 0.4) is 0 Å². The summed E-state index contributed by atoms with van der Waals surface area (Å²) in [5, 5.41) is 0. The average Bonchev–Trinajstić information content (AvgIpc) is 2.66. The van der Waals surface area contributed by atoms with E-state index in [0.717, 1.165) is 11.2 Å². The Morgan fingerprint density at radius 2 is 2.22 bits per heavy atom. The molecule has 0 saturated carbocycles. The molecule has 1 aromatic carbocycles. The fourth-order valence-electron chi connectivity index (χ4n) is 1.87. The van der Waals surface area contributed by atoms with Gasteiger partial charge in [0.2, 0.25) is 0 Å². The molecule has 2 aromatic heterocycles. The number of H-pyrrole nitrogens is 1. The predicted molar refractivity (Wildman–Crippen MR) is 68.2 cm³/mol. The van der Waals surface area contributed by atoms with Crippen LogP contribution in [-0.4, -0.2) is 19.5 Å². The van der Waals surface area contributed by atoms with Gasteiger partial charge in [0.15, 0.2) is 4.77 Å². The lowest BCUT2D eigenvalue weighted by atomic mass is 10.3. The lowest BCUT2D eigenvalue weighted by molar-refractivity contribution is 0.629. The largest absolute Gasteiger partial charge is 0.330 e. The molecule has 90 valence electrons. The highest BCUT2D eigenvalue weighted by Crippen LogP contribution is 2.16. The maximum atomic E-state index is 13.1. The second-order valence-electron chi connectivity index (χ2n) is 3.88. The molecule has 0 aliphatic carbocycles. The summed E-state index contributed by atoms with van der Waals surface area (Å²) >= 11 is 5.24. The van der Waals surface area contributed by atoms with Crippen LogP contribution in [0.5, 0.6) is 0 Å². The topological polar surface area (TPSA) is 46.5 Å². The van der Waals surface area contributed by atoms with Crippen molar-refractivity contribution in [2.24, 2.45) is 0 Å². The van der Waals surface area contributed by atoms with Crippen molar-refractivity contribution in [3.05, 3.63) is 53.1 Å². The number of nitrogens with one attached hydrogen (secondary N) is 1. The van der Waals surface area contributed by atoms with Crippen molar-refractivity contribution in [3.8, 4) is 0 Å². The summed E-state index contributed by atoms with van der Waals surface area (Å²) < 4.78 is 15.6. The molecule has 0 atom stereocenters. The number of imidazole rings is 1. The highest BCUT2D eigenvalue weighted by atomic mass is 32.1. The molecule has 0 spiro atoms. The van der Waals surface area contributed by atoms with Gasteiger partial charge in [-0.3, -0.25) is 0 Å². The van der Waals surface area contributed by atoms with Gasteiger partial charge >= 0.3 is 0 Å². The SMILES string of the molecule is Fc1ccc2c(c1)[nH]c(=S)n2Cc1ccncn1. The van der Waals surface area contributed by atoms with Gasteiger partial charge in [0.05, 0.1) is 23.3 Å². The fourth-order valence-corrected chi connectivity index (χ4v) is 2.14. The van der Waals surface area contributed by atoms with Crippen molar-refractivity contribution in [1.82, 2.24) is 19.5 Å². The van der Waals surface area contributed by atoms with Crippen molar-refractivity contribution in [2.45, 2.75) is 6.54 Å². The minimum absolute atomic E-state index is 0.284. The van der Waals surface area contributed by atoms with E-state index in [9.17, 15) is 4.39 Å². The van der Waals surface area contributed by atoms with Gasteiger partial charge in [-0.05, 0) is 36.5 Å². The zero-order chi connectivity index (χ0) is 12.5. The number of halogens is 1. The van der Waals surface area contributed by atoms with E-state index >= 15 is 0 Å². The second kappa shape index (κ2) is 4.30. The Bertz CT molecular complexity index is 748. The third kappa shape index (κ3) is 1.91. The first-order valence-electron chi connectivity index (χ1n) is 5.37. The first kappa shape index (κ1) is 11.0. The minimum Gasteiger partial charge on any atom is -0.330 e. The summed E-state index contributed by atoms with van der Waals surface area (Å²) in [6.45, 7) is 0.535. The predicted octanol–water partition coefficient (Wildman–Crippen LogP) is 2.68. The third-order valence-electron chi connectivity index (χ3n) is 2.70. The van der Waals surface area contributed by atoms with Crippen LogP contribution in [0.4, 0.5) is 4.39 Å². The lowest BCUT2D eigenvalue weighted by Gasteiger charge is -2.03. The summed E-state index contributed by atoms with van der Waals surface area (Å²) in [5.74, 6) is -0.284. The summed E-state index contributed by atoms with van der Waals surface area (Å²) in [6, 6.07) is 6.38. The Hall–Kier alpha value is -2.08. The van der Waals surface area contributed by atoms with Crippen molar-refractivity contribution < 1.29 is 4.39 Å². The van der Waals surface area contributed by atoms with Gasteiger partial charge in [-0.15, -0.1) is 0 Å². The number of aromatic amines is 1. The fraction of sp³-hybridized carbons (Fsp3) is 0.0833. The van der Waals surface area contributed by atoms with E-state index in [1.807, 2.05) is 10.6 Å². The summed E-state index contributed by atoms with van der Waals surface area (Å²) in [7, 11) is 0. The van der Waals surface area contributed by atoms with Crippen LogP contribution >= 0.6 is 12.2 Å². The monoisotopic (exact) mass is 260 g/mol. The molecule has 1 N–H and O–H groups in total. The van der Waals surface area contributed by atoms with Crippen molar-refractivity contribution in [3.63, 3.8) is 0 Å². The highest BCUT2D eigenvalue weighted by molar-refractivity contribution is 7.71. The molecule has 3 rings (SSSR count). The number of aromatic nitrogens is 4. The zero-order valence-electron chi connectivity index (χ0n) is 9.30.